The molecule has 3 aromatic carbocycles. The lowest BCUT2D eigenvalue weighted by Gasteiger charge is -2.10. The van der Waals surface area contributed by atoms with Gasteiger partial charge in [0.25, 0.3) is 0 Å². The Labute approximate surface area is 211 Å². The first-order valence-electron chi connectivity index (χ1n) is 11.3. The molecule has 0 bridgehead atoms. The molecule has 0 saturated heterocycles. The number of nitrogens with zero attached hydrogens (tertiary/aromatic N) is 4. The number of hydrogen-bond donors (Lipinski definition) is 4. The SMILES string of the molecule is O=C(O)c1ccc(-c2ccc(/C=N/Nc3nc(Nc4ccccc4)nc(Nc4ccccc4)n3)o2)cc1. The molecule has 0 saturated carbocycles. The second-order valence-corrected chi connectivity index (χ2v) is 7.74. The first-order chi connectivity index (χ1) is 18.1. The minimum Gasteiger partial charge on any atom is -0.478 e. The highest BCUT2D eigenvalue weighted by molar-refractivity contribution is 5.88. The molecule has 0 aliphatic rings. The van der Waals surface area contributed by atoms with Gasteiger partial charge in [0.05, 0.1) is 11.8 Å². The third kappa shape index (κ3) is 6.14. The summed E-state index contributed by atoms with van der Waals surface area (Å²) in [5.41, 5.74) is 5.43. The number of aromatic carboxylic acids is 1. The van der Waals surface area contributed by atoms with Gasteiger partial charge in [0, 0.05) is 16.9 Å². The molecule has 5 rings (SSSR count). The van der Waals surface area contributed by atoms with E-state index in [1.165, 1.54) is 18.3 Å². The third-order valence-electron chi connectivity index (χ3n) is 5.09. The zero-order valence-corrected chi connectivity index (χ0v) is 19.4. The fourth-order valence-corrected chi connectivity index (χ4v) is 3.35. The zero-order valence-electron chi connectivity index (χ0n) is 19.4. The molecular weight excluding hydrogens is 470 g/mol. The van der Waals surface area contributed by atoms with E-state index >= 15 is 0 Å². The van der Waals surface area contributed by atoms with Crippen molar-refractivity contribution < 1.29 is 14.3 Å². The van der Waals surface area contributed by atoms with Crippen molar-refractivity contribution in [3.8, 4) is 11.3 Å². The topological polar surface area (TPSA) is 138 Å². The monoisotopic (exact) mass is 491 g/mol. The minimum atomic E-state index is -0.979. The standard InChI is InChI=1S/C27H21N7O3/c35-24(36)19-13-11-18(12-14-19)23-16-15-22(37-23)17-28-34-27-32-25(29-20-7-3-1-4-8-20)31-26(33-27)30-21-9-5-2-6-10-21/h1-17H,(H,35,36)(H3,29,30,31,32,33,34)/b28-17+. The van der Waals surface area contributed by atoms with E-state index < -0.39 is 5.97 Å². The van der Waals surface area contributed by atoms with Crippen LogP contribution < -0.4 is 16.1 Å². The quantitative estimate of drug-likeness (QED) is 0.150. The van der Waals surface area contributed by atoms with E-state index in [0.29, 0.717) is 23.4 Å². The molecule has 0 spiro atoms. The summed E-state index contributed by atoms with van der Waals surface area (Å²) >= 11 is 0. The van der Waals surface area contributed by atoms with E-state index in [4.69, 9.17) is 9.52 Å². The highest BCUT2D eigenvalue weighted by atomic mass is 16.4. The van der Waals surface area contributed by atoms with E-state index in [0.717, 1.165) is 16.9 Å². The number of para-hydroxylation sites is 2. The van der Waals surface area contributed by atoms with Crippen LogP contribution in [0.25, 0.3) is 11.3 Å². The Balaban J connectivity index is 1.32. The van der Waals surface area contributed by atoms with E-state index in [9.17, 15) is 4.79 Å². The maximum atomic E-state index is 11.0. The van der Waals surface area contributed by atoms with Crippen molar-refractivity contribution >= 4 is 41.4 Å². The predicted molar refractivity (Wildman–Crippen MR) is 142 cm³/mol. The molecule has 5 aromatic rings. The van der Waals surface area contributed by atoms with Crippen LogP contribution in [-0.2, 0) is 0 Å². The Morgan fingerprint density at radius 3 is 1.86 bits per heavy atom. The fourth-order valence-electron chi connectivity index (χ4n) is 3.35. The number of aromatic nitrogens is 3. The van der Waals surface area contributed by atoms with E-state index in [2.05, 4.69) is 36.1 Å². The normalized spacial score (nSPS) is 10.8. The maximum Gasteiger partial charge on any atom is 0.335 e. The Morgan fingerprint density at radius 2 is 1.30 bits per heavy atom. The Morgan fingerprint density at radius 1 is 0.730 bits per heavy atom. The van der Waals surface area contributed by atoms with E-state index in [-0.39, 0.29) is 11.5 Å². The van der Waals surface area contributed by atoms with E-state index in [1.54, 1.807) is 24.3 Å². The first kappa shape index (κ1) is 23.2. The summed E-state index contributed by atoms with van der Waals surface area (Å²) in [4.78, 5) is 24.3. The van der Waals surface area contributed by atoms with Crippen LogP contribution in [0.15, 0.2) is 107 Å². The molecule has 10 heteroatoms. The number of hydrogen-bond acceptors (Lipinski definition) is 9. The second-order valence-electron chi connectivity index (χ2n) is 7.74. The van der Waals surface area contributed by atoms with Crippen molar-refractivity contribution in [1.82, 2.24) is 15.0 Å². The number of anilines is 5. The largest absolute Gasteiger partial charge is 0.478 e. The van der Waals surface area contributed by atoms with Crippen LogP contribution in [-0.4, -0.2) is 32.2 Å². The van der Waals surface area contributed by atoms with Crippen LogP contribution in [0.2, 0.25) is 0 Å². The average Bonchev–Trinajstić information content (AvgIpc) is 3.39. The highest BCUT2D eigenvalue weighted by Crippen LogP contribution is 2.22. The van der Waals surface area contributed by atoms with Crippen molar-refractivity contribution in [2.24, 2.45) is 5.10 Å². The van der Waals surface area contributed by atoms with Gasteiger partial charge in [0.1, 0.15) is 11.5 Å². The molecule has 182 valence electrons. The van der Waals surface area contributed by atoms with Crippen LogP contribution in [0.1, 0.15) is 16.1 Å². The molecule has 0 aliphatic carbocycles. The molecule has 0 amide bonds. The van der Waals surface area contributed by atoms with Gasteiger partial charge in [-0.1, -0.05) is 48.5 Å². The Hall–Kier alpha value is -5.51. The van der Waals surface area contributed by atoms with E-state index in [1.807, 2.05) is 60.7 Å². The van der Waals surface area contributed by atoms with Crippen LogP contribution in [0.5, 0.6) is 0 Å². The Bertz CT molecular complexity index is 1460. The molecule has 37 heavy (non-hydrogen) atoms. The number of carboxylic acids is 1. The summed E-state index contributed by atoms with van der Waals surface area (Å²) in [5.74, 6) is 0.989. The number of carbonyl (C=O) groups is 1. The lowest BCUT2D eigenvalue weighted by Crippen LogP contribution is -2.07. The van der Waals surface area contributed by atoms with Gasteiger partial charge >= 0.3 is 5.97 Å². The summed E-state index contributed by atoms with van der Waals surface area (Å²) in [6.45, 7) is 0. The number of benzene rings is 3. The van der Waals surface area contributed by atoms with Crippen molar-refractivity contribution in [2.75, 3.05) is 16.1 Å². The van der Waals surface area contributed by atoms with Crippen LogP contribution in [0.4, 0.5) is 29.2 Å². The van der Waals surface area contributed by atoms with Crippen LogP contribution >= 0.6 is 0 Å². The molecule has 0 atom stereocenters. The molecule has 0 radical (unpaired) electrons. The highest BCUT2D eigenvalue weighted by Gasteiger charge is 2.09. The lowest BCUT2D eigenvalue weighted by molar-refractivity contribution is 0.0697. The van der Waals surface area contributed by atoms with Gasteiger partial charge in [-0.15, -0.1) is 0 Å². The van der Waals surface area contributed by atoms with Gasteiger partial charge in [-0.2, -0.15) is 20.1 Å². The Kier molecular flexibility index (Phi) is 6.80. The van der Waals surface area contributed by atoms with Gasteiger partial charge in [-0.25, -0.2) is 10.2 Å². The molecule has 2 aromatic heterocycles. The molecule has 0 unspecified atom stereocenters. The summed E-state index contributed by atoms with van der Waals surface area (Å²) in [5, 5.41) is 19.6. The average molecular weight is 492 g/mol. The smallest absolute Gasteiger partial charge is 0.335 e. The molecule has 0 fully saturated rings. The number of nitrogens with one attached hydrogen (secondary N) is 3. The number of rotatable bonds is 9. The number of furan rings is 1. The maximum absolute atomic E-state index is 11.0. The number of carboxylic acid groups (broad SMARTS) is 1. The molecule has 10 nitrogen and oxygen atoms in total. The zero-order chi connectivity index (χ0) is 25.5. The second kappa shape index (κ2) is 10.8. The lowest BCUT2D eigenvalue weighted by atomic mass is 10.1. The molecule has 2 heterocycles. The summed E-state index contributed by atoms with van der Waals surface area (Å²) in [7, 11) is 0. The van der Waals surface area contributed by atoms with Crippen molar-refractivity contribution in [1.29, 1.82) is 0 Å². The molecular formula is C27H21N7O3. The van der Waals surface area contributed by atoms with Gasteiger partial charge in [0.2, 0.25) is 17.8 Å². The third-order valence-corrected chi connectivity index (χ3v) is 5.09. The summed E-state index contributed by atoms with van der Waals surface area (Å²) in [6, 6.07) is 29.1. The van der Waals surface area contributed by atoms with Crippen molar-refractivity contribution in [3.05, 3.63) is 108 Å². The first-order valence-corrected chi connectivity index (χ1v) is 11.3. The van der Waals surface area contributed by atoms with Gasteiger partial charge in [0.15, 0.2) is 0 Å². The van der Waals surface area contributed by atoms with Crippen LogP contribution in [0, 0.1) is 0 Å². The van der Waals surface area contributed by atoms with Gasteiger partial charge in [-0.3, -0.25) is 0 Å². The van der Waals surface area contributed by atoms with Crippen molar-refractivity contribution in [2.45, 2.75) is 0 Å². The fraction of sp³-hybridized carbons (Fsp3) is 0. The van der Waals surface area contributed by atoms with Gasteiger partial charge in [-0.05, 0) is 48.5 Å². The number of hydrazone groups is 1. The summed E-state index contributed by atoms with van der Waals surface area (Å²) < 4.78 is 5.80. The predicted octanol–water partition coefficient (Wildman–Crippen LogP) is 5.76. The van der Waals surface area contributed by atoms with Crippen molar-refractivity contribution in [3.63, 3.8) is 0 Å². The molecule has 4 N–H and O–H groups in total. The minimum absolute atomic E-state index is 0.209. The summed E-state index contributed by atoms with van der Waals surface area (Å²) in [6.07, 6.45) is 1.49. The van der Waals surface area contributed by atoms with Crippen LogP contribution in [0.3, 0.4) is 0 Å². The van der Waals surface area contributed by atoms with Gasteiger partial charge < -0.3 is 20.2 Å². The molecule has 0 aliphatic heterocycles.